The SMILES string of the molecule is CSc1cccc(N(CC(=O)NC(C)c2cc(C)ccc2C)S(C)(=O)=O)c1. The summed E-state index contributed by atoms with van der Waals surface area (Å²) in [5, 5.41) is 2.91. The van der Waals surface area contributed by atoms with Crippen molar-refractivity contribution in [2.75, 3.05) is 23.4 Å². The van der Waals surface area contributed by atoms with E-state index in [0.717, 1.165) is 32.1 Å². The first-order chi connectivity index (χ1) is 12.6. The number of benzene rings is 2. The molecule has 1 unspecified atom stereocenters. The third-order valence-corrected chi connectivity index (χ3v) is 6.17. The molecule has 0 aliphatic rings. The Bertz CT molecular complexity index is 927. The van der Waals surface area contributed by atoms with E-state index in [1.807, 2.05) is 51.3 Å². The molecule has 146 valence electrons. The van der Waals surface area contributed by atoms with Gasteiger partial charge >= 0.3 is 0 Å². The van der Waals surface area contributed by atoms with Gasteiger partial charge in [-0.1, -0.05) is 29.8 Å². The minimum absolute atomic E-state index is 0.212. The summed E-state index contributed by atoms with van der Waals surface area (Å²) in [5.41, 5.74) is 3.71. The van der Waals surface area contributed by atoms with E-state index in [1.165, 1.54) is 11.8 Å². The standard InChI is InChI=1S/C20H26N2O3S2/c1-14-9-10-15(2)19(11-14)16(3)21-20(23)13-22(27(5,24)25)17-7-6-8-18(12-17)26-4/h6-12,16H,13H2,1-5H3,(H,21,23). The van der Waals surface area contributed by atoms with Crippen LogP contribution in [0.2, 0.25) is 0 Å². The van der Waals surface area contributed by atoms with Gasteiger partial charge in [0.05, 0.1) is 18.0 Å². The minimum Gasteiger partial charge on any atom is -0.348 e. The van der Waals surface area contributed by atoms with Crippen LogP contribution in [0.15, 0.2) is 47.4 Å². The number of thioether (sulfide) groups is 1. The van der Waals surface area contributed by atoms with Crippen molar-refractivity contribution in [1.82, 2.24) is 5.32 Å². The molecule has 2 aromatic rings. The Morgan fingerprint density at radius 1 is 1.19 bits per heavy atom. The fourth-order valence-corrected chi connectivity index (χ4v) is 4.19. The molecular formula is C20H26N2O3S2. The van der Waals surface area contributed by atoms with Gasteiger partial charge in [0.1, 0.15) is 6.54 Å². The Labute approximate surface area is 166 Å². The van der Waals surface area contributed by atoms with Crippen LogP contribution in [0.3, 0.4) is 0 Å². The Morgan fingerprint density at radius 2 is 1.89 bits per heavy atom. The van der Waals surface area contributed by atoms with Gasteiger partial charge in [-0.25, -0.2) is 8.42 Å². The van der Waals surface area contributed by atoms with Crippen LogP contribution in [0, 0.1) is 13.8 Å². The Kier molecular flexibility index (Phi) is 6.95. The molecule has 0 aromatic heterocycles. The summed E-state index contributed by atoms with van der Waals surface area (Å²) in [6, 6.07) is 13.0. The maximum absolute atomic E-state index is 12.6. The van der Waals surface area contributed by atoms with E-state index in [0.29, 0.717) is 5.69 Å². The molecule has 27 heavy (non-hydrogen) atoms. The first-order valence-corrected chi connectivity index (χ1v) is 11.7. The van der Waals surface area contributed by atoms with Crippen molar-refractivity contribution in [2.24, 2.45) is 0 Å². The van der Waals surface area contributed by atoms with Crippen LogP contribution < -0.4 is 9.62 Å². The molecule has 2 rings (SSSR count). The highest BCUT2D eigenvalue weighted by Crippen LogP contribution is 2.24. The van der Waals surface area contributed by atoms with Crippen molar-refractivity contribution in [2.45, 2.75) is 31.7 Å². The molecule has 7 heteroatoms. The number of carbonyl (C=O) groups is 1. The molecule has 1 N–H and O–H groups in total. The topological polar surface area (TPSA) is 66.5 Å². The average Bonchev–Trinajstić information content (AvgIpc) is 2.60. The molecule has 0 fully saturated rings. The van der Waals surface area contributed by atoms with Crippen molar-refractivity contribution in [3.8, 4) is 0 Å². The lowest BCUT2D eigenvalue weighted by molar-refractivity contribution is -0.120. The van der Waals surface area contributed by atoms with E-state index in [9.17, 15) is 13.2 Å². The highest BCUT2D eigenvalue weighted by molar-refractivity contribution is 7.98. The van der Waals surface area contributed by atoms with Crippen LogP contribution in [0.1, 0.15) is 29.7 Å². The number of aryl methyl sites for hydroxylation is 2. The third-order valence-electron chi connectivity index (χ3n) is 4.31. The molecule has 0 saturated heterocycles. The molecular weight excluding hydrogens is 380 g/mol. The zero-order valence-corrected chi connectivity index (χ0v) is 17.9. The normalized spacial score (nSPS) is 12.5. The van der Waals surface area contributed by atoms with Gasteiger partial charge in [0, 0.05) is 4.90 Å². The lowest BCUT2D eigenvalue weighted by Gasteiger charge is -2.24. The van der Waals surface area contributed by atoms with E-state index < -0.39 is 10.0 Å². The zero-order chi connectivity index (χ0) is 20.2. The van der Waals surface area contributed by atoms with E-state index >= 15 is 0 Å². The van der Waals surface area contributed by atoms with Gasteiger partial charge in [0.2, 0.25) is 15.9 Å². The van der Waals surface area contributed by atoms with Gasteiger partial charge in [-0.2, -0.15) is 0 Å². The quantitative estimate of drug-likeness (QED) is 0.713. The van der Waals surface area contributed by atoms with E-state index in [1.54, 1.807) is 18.2 Å². The minimum atomic E-state index is -3.59. The summed E-state index contributed by atoms with van der Waals surface area (Å²) in [7, 11) is -3.59. The summed E-state index contributed by atoms with van der Waals surface area (Å²) in [6.45, 7) is 5.64. The lowest BCUT2D eigenvalue weighted by Crippen LogP contribution is -2.41. The van der Waals surface area contributed by atoms with E-state index in [2.05, 4.69) is 5.32 Å². The van der Waals surface area contributed by atoms with E-state index in [4.69, 9.17) is 0 Å². The van der Waals surface area contributed by atoms with Gasteiger partial charge in [-0.3, -0.25) is 9.10 Å². The van der Waals surface area contributed by atoms with Gasteiger partial charge < -0.3 is 5.32 Å². The predicted octanol–water partition coefficient (Wildman–Crippen LogP) is 3.67. The number of carbonyl (C=O) groups excluding carboxylic acids is 1. The molecule has 0 saturated carbocycles. The Hall–Kier alpha value is -1.99. The molecule has 2 aromatic carbocycles. The molecule has 5 nitrogen and oxygen atoms in total. The smallest absolute Gasteiger partial charge is 0.241 e. The summed E-state index contributed by atoms with van der Waals surface area (Å²) in [6.07, 6.45) is 3.03. The van der Waals surface area contributed by atoms with Crippen molar-refractivity contribution in [3.63, 3.8) is 0 Å². The monoisotopic (exact) mass is 406 g/mol. The zero-order valence-electron chi connectivity index (χ0n) is 16.3. The Morgan fingerprint density at radius 3 is 2.52 bits per heavy atom. The molecule has 1 amide bonds. The van der Waals surface area contributed by atoms with Gasteiger partial charge in [-0.15, -0.1) is 11.8 Å². The number of anilines is 1. The molecule has 0 spiro atoms. The molecule has 0 aliphatic heterocycles. The first kappa shape index (κ1) is 21.3. The molecule has 1 atom stereocenters. The van der Waals surface area contributed by atoms with Gasteiger partial charge in [0.15, 0.2) is 0 Å². The predicted molar refractivity (Wildman–Crippen MR) is 113 cm³/mol. The van der Waals surface area contributed by atoms with Gasteiger partial charge in [0.25, 0.3) is 0 Å². The van der Waals surface area contributed by atoms with Crippen molar-refractivity contribution < 1.29 is 13.2 Å². The number of hydrogen-bond acceptors (Lipinski definition) is 4. The number of sulfonamides is 1. The molecule has 0 radical (unpaired) electrons. The van der Waals surface area contributed by atoms with Crippen LogP contribution in [-0.4, -0.2) is 33.4 Å². The molecule has 0 aliphatic carbocycles. The van der Waals surface area contributed by atoms with Gasteiger partial charge in [-0.05, 0) is 56.4 Å². The molecule has 0 bridgehead atoms. The summed E-state index contributed by atoms with van der Waals surface area (Å²) < 4.78 is 25.7. The largest absolute Gasteiger partial charge is 0.348 e. The number of amides is 1. The summed E-state index contributed by atoms with van der Waals surface area (Å²) in [4.78, 5) is 13.5. The second-order valence-corrected chi connectivity index (χ2v) is 9.41. The number of rotatable bonds is 7. The van der Waals surface area contributed by atoms with Crippen LogP contribution >= 0.6 is 11.8 Å². The maximum Gasteiger partial charge on any atom is 0.241 e. The summed E-state index contributed by atoms with van der Waals surface area (Å²) >= 11 is 1.52. The molecule has 0 heterocycles. The first-order valence-electron chi connectivity index (χ1n) is 8.60. The van der Waals surface area contributed by atoms with Crippen LogP contribution in [-0.2, 0) is 14.8 Å². The van der Waals surface area contributed by atoms with Crippen LogP contribution in [0.4, 0.5) is 5.69 Å². The highest BCUT2D eigenvalue weighted by Gasteiger charge is 2.22. The van der Waals surface area contributed by atoms with Crippen molar-refractivity contribution in [1.29, 1.82) is 0 Å². The lowest BCUT2D eigenvalue weighted by atomic mass is 10.00. The third kappa shape index (κ3) is 5.74. The fraction of sp³-hybridized carbons (Fsp3) is 0.350. The number of nitrogens with one attached hydrogen (secondary N) is 1. The number of hydrogen-bond donors (Lipinski definition) is 1. The Balaban J connectivity index is 2.20. The summed E-state index contributed by atoms with van der Waals surface area (Å²) in [5.74, 6) is -0.344. The van der Waals surface area contributed by atoms with Crippen molar-refractivity contribution >= 4 is 33.4 Å². The van der Waals surface area contributed by atoms with E-state index in [-0.39, 0.29) is 18.5 Å². The van der Waals surface area contributed by atoms with Crippen LogP contribution in [0.5, 0.6) is 0 Å². The second-order valence-electron chi connectivity index (χ2n) is 6.62. The average molecular weight is 407 g/mol. The fourth-order valence-electron chi connectivity index (χ4n) is 2.89. The second kappa shape index (κ2) is 8.80. The maximum atomic E-state index is 12.6. The number of nitrogens with zero attached hydrogens (tertiary/aromatic N) is 1. The van der Waals surface area contributed by atoms with Crippen molar-refractivity contribution in [3.05, 3.63) is 59.2 Å². The highest BCUT2D eigenvalue weighted by atomic mass is 32.2. The van der Waals surface area contributed by atoms with Crippen LogP contribution in [0.25, 0.3) is 0 Å².